The standard InChI is InChI=1S/C21H23N3O5/c25-20(18-7-4-12-22-18)23-19(13-15-5-2-1-3-6-15)21(26)29-14-16-8-10-17(11-9-16)24(27)28/h1-3,5-6,8-11,18-19,22H,4,7,12-14H2,(H,23,25). The average molecular weight is 397 g/mol. The van der Waals surface area contributed by atoms with Gasteiger partial charge in [0.15, 0.2) is 0 Å². The van der Waals surface area contributed by atoms with E-state index in [9.17, 15) is 19.7 Å². The topological polar surface area (TPSA) is 111 Å². The first-order valence-electron chi connectivity index (χ1n) is 9.50. The molecule has 1 aliphatic rings. The van der Waals surface area contributed by atoms with Crippen LogP contribution in [0, 0.1) is 10.1 Å². The van der Waals surface area contributed by atoms with Gasteiger partial charge in [-0.1, -0.05) is 30.3 Å². The molecule has 152 valence electrons. The van der Waals surface area contributed by atoms with E-state index < -0.39 is 16.9 Å². The number of nitro groups is 1. The first-order chi connectivity index (χ1) is 14.0. The Morgan fingerprint density at radius 3 is 2.48 bits per heavy atom. The molecule has 2 aromatic rings. The minimum Gasteiger partial charge on any atom is -0.459 e. The predicted molar refractivity (Wildman–Crippen MR) is 106 cm³/mol. The van der Waals surface area contributed by atoms with Crippen LogP contribution in [0.4, 0.5) is 5.69 Å². The van der Waals surface area contributed by atoms with Crippen LogP contribution >= 0.6 is 0 Å². The second kappa shape index (κ2) is 9.79. The molecule has 3 rings (SSSR count). The molecule has 0 radical (unpaired) electrons. The first kappa shape index (κ1) is 20.5. The summed E-state index contributed by atoms with van der Waals surface area (Å²) >= 11 is 0. The number of nitrogens with zero attached hydrogens (tertiary/aromatic N) is 1. The second-order valence-corrected chi connectivity index (χ2v) is 6.93. The number of benzene rings is 2. The Balaban J connectivity index is 1.64. The van der Waals surface area contributed by atoms with Gasteiger partial charge in [0.1, 0.15) is 12.6 Å². The number of amides is 1. The van der Waals surface area contributed by atoms with Crippen molar-refractivity contribution < 1.29 is 19.2 Å². The van der Waals surface area contributed by atoms with Crippen molar-refractivity contribution in [3.8, 4) is 0 Å². The fourth-order valence-corrected chi connectivity index (χ4v) is 3.19. The van der Waals surface area contributed by atoms with E-state index >= 15 is 0 Å². The SMILES string of the molecule is O=C(NC(Cc1ccccc1)C(=O)OCc1ccc([N+](=O)[O-])cc1)C1CCCN1. The van der Waals surface area contributed by atoms with E-state index in [1.165, 1.54) is 12.1 Å². The maximum absolute atomic E-state index is 12.7. The monoisotopic (exact) mass is 397 g/mol. The van der Waals surface area contributed by atoms with Gasteiger partial charge in [-0.05, 0) is 42.6 Å². The predicted octanol–water partition coefficient (Wildman–Crippen LogP) is 2.12. The molecule has 2 atom stereocenters. The number of ether oxygens (including phenoxy) is 1. The molecule has 0 bridgehead atoms. The number of esters is 1. The van der Waals surface area contributed by atoms with Crippen LogP contribution < -0.4 is 10.6 Å². The van der Waals surface area contributed by atoms with Crippen LogP contribution in [0.25, 0.3) is 0 Å². The molecule has 0 aliphatic carbocycles. The Morgan fingerprint density at radius 1 is 1.14 bits per heavy atom. The lowest BCUT2D eigenvalue weighted by Gasteiger charge is -2.20. The molecule has 2 N–H and O–H groups in total. The lowest BCUT2D eigenvalue weighted by molar-refractivity contribution is -0.384. The zero-order valence-corrected chi connectivity index (χ0v) is 15.9. The van der Waals surface area contributed by atoms with E-state index in [0.29, 0.717) is 12.0 Å². The maximum Gasteiger partial charge on any atom is 0.329 e. The molecular formula is C21H23N3O5. The van der Waals surface area contributed by atoms with Crippen LogP contribution in [0.3, 0.4) is 0 Å². The highest BCUT2D eigenvalue weighted by atomic mass is 16.6. The average Bonchev–Trinajstić information content (AvgIpc) is 3.27. The van der Waals surface area contributed by atoms with Gasteiger partial charge in [-0.3, -0.25) is 14.9 Å². The largest absolute Gasteiger partial charge is 0.459 e. The van der Waals surface area contributed by atoms with Crippen molar-refractivity contribution in [1.82, 2.24) is 10.6 Å². The van der Waals surface area contributed by atoms with Crippen LogP contribution in [0.5, 0.6) is 0 Å². The number of carbonyl (C=O) groups is 2. The molecular weight excluding hydrogens is 374 g/mol. The molecule has 1 amide bonds. The highest BCUT2D eigenvalue weighted by Gasteiger charge is 2.28. The Morgan fingerprint density at radius 2 is 1.86 bits per heavy atom. The Labute approximate surface area is 168 Å². The minimum absolute atomic E-state index is 0.0281. The molecule has 1 heterocycles. The number of nitrogens with one attached hydrogen (secondary N) is 2. The fourth-order valence-electron chi connectivity index (χ4n) is 3.19. The van der Waals surface area contributed by atoms with E-state index in [1.807, 2.05) is 30.3 Å². The molecule has 1 aliphatic heterocycles. The molecule has 0 spiro atoms. The molecule has 1 saturated heterocycles. The van der Waals surface area contributed by atoms with Gasteiger partial charge in [0.2, 0.25) is 5.91 Å². The first-order valence-corrected chi connectivity index (χ1v) is 9.50. The van der Waals surface area contributed by atoms with E-state index in [4.69, 9.17) is 4.74 Å². The molecule has 2 aromatic carbocycles. The van der Waals surface area contributed by atoms with Crippen LogP contribution in [-0.2, 0) is 27.4 Å². The molecule has 8 heteroatoms. The maximum atomic E-state index is 12.7. The van der Waals surface area contributed by atoms with Crippen molar-refractivity contribution in [1.29, 1.82) is 0 Å². The van der Waals surface area contributed by atoms with E-state index in [1.54, 1.807) is 12.1 Å². The number of hydrogen-bond donors (Lipinski definition) is 2. The summed E-state index contributed by atoms with van der Waals surface area (Å²) in [6.07, 6.45) is 1.98. The normalized spacial score (nSPS) is 16.8. The van der Waals surface area contributed by atoms with Crippen molar-refractivity contribution in [3.05, 3.63) is 75.8 Å². The third-order valence-electron chi connectivity index (χ3n) is 4.79. The highest BCUT2D eigenvalue weighted by Crippen LogP contribution is 2.14. The number of hydrogen-bond acceptors (Lipinski definition) is 6. The van der Waals surface area contributed by atoms with Crippen molar-refractivity contribution in [2.24, 2.45) is 0 Å². The minimum atomic E-state index is -0.814. The summed E-state index contributed by atoms with van der Waals surface area (Å²) in [5, 5.41) is 16.6. The lowest BCUT2D eigenvalue weighted by Crippen LogP contribution is -2.49. The van der Waals surface area contributed by atoms with Gasteiger partial charge in [-0.2, -0.15) is 0 Å². The molecule has 0 aromatic heterocycles. The van der Waals surface area contributed by atoms with E-state index in [0.717, 1.165) is 24.9 Å². The van der Waals surface area contributed by atoms with Crippen LogP contribution in [0.1, 0.15) is 24.0 Å². The van der Waals surface area contributed by atoms with Crippen LogP contribution in [0.15, 0.2) is 54.6 Å². The zero-order chi connectivity index (χ0) is 20.6. The Kier molecular flexibility index (Phi) is 6.91. The van der Waals surface area contributed by atoms with E-state index in [2.05, 4.69) is 10.6 Å². The summed E-state index contributed by atoms with van der Waals surface area (Å²) < 4.78 is 5.38. The summed E-state index contributed by atoms with van der Waals surface area (Å²) in [6, 6.07) is 14.1. The number of nitro benzene ring substituents is 1. The van der Waals surface area contributed by atoms with Gasteiger partial charge in [0.25, 0.3) is 5.69 Å². The number of rotatable bonds is 8. The lowest BCUT2D eigenvalue weighted by atomic mass is 10.1. The van der Waals surface area contributed by atoms with Crippen molar-refractivity contribution >= 4 is 17.6 Å². The number of carbonyl (C=O) groups excluding carboxylic acids is 2. The van der Waals surface area contributed by atoms with Crippen molar-refractivity contribution in [3.63, 3.8) is 0 Å². The van der Waals surface area contributed by atoms with Gasteiger partial charge in [0, 0.05) is 18.6 Å². The van der Waals surface area contributed by atoms with Gasteiger partial charge in [-0.15, -0.1) is 0 Å². The quantitative estimate of drug-likeness (QED) is 0.401. The summed E-state index contributed by atoms with van der Waals surface area (Å²) in [4.78, 5) is 35.4. The molecule has 1 fully saturated rings. The van der Waals surface area contributed by atoms with Crippen LogP contribution in [-0.4, -0.2) is 35.4 Å². The highest BCUT2D eigenvalue weighted by molar-refractivity contribution is 5.87. The Hall–Kier alpha value is -3.26. The third kappa shape index (κ3) is 5.86. The number of non-ortho nitro benzene ring substituents is 1. The van der Waals surface area contributed by atoms with Gasteiger partial charge >= 0.3 is 5.97 Å². The van der Waals surface area contributed by atoms with Gasteiger partial charge in [0.05, 0.1) is 11.0 Å². The van der Waals surface area contributed by atoms with Crippen molar-refractivity contribution in [2.45, 2.75) is 38.0 Å². The summed E-state index contributed by atoms with van der Waals surface area (Å²) in [5.41, 5.74) is 1.51. The molecule has 0 saturated carbocycles. The fraction of sp³-hybridized carbons (Fsp3) is 0.333. The molecule has 2 unspecified atom stereocenters. The molecule has 8 nitrogen and oxygen atoms in total. The van der Waals surface area contributed by atoms with Crippen LogP contribution in [0.2, 0.25) is 0 Å². The van der Waals surface area contributed by atoms with Gasteiger partial charge < -0.3 is 15.4 Å². The zero-order valence-electron chi connectivity index (χ0n) is 15.9. The summed E-state index contributed by atoms with van der Waals surface area (Å²) in [5.74, 6) is -0.755. The second-order valence-electron chi connectivity index (χ2n) is 6.93. The van der Waals surface area contributed by atoms with Gasteiger partial charge in [-0.25, -0.2) is 4.79 Å². The summed E-state index contributed by atoms with van der Waals surface area (Å²) in [7, 11) is 0. The van der Waals surface area contributed by atoms with Crippen molar-refractivity contribution in [2.75, 3.05) is 6.54 Å². The third-order valence-corrected chi connectivity index (χ3v) is 4.79. The summed E-state index contributed by atoms with van der Waals surface area (Å²) in [6.45, 7) is 0.756. The molecule has 29 heavy (non-hydrogen) atoms. The van der Waals surface area contributed by atoms with E-state index in [-0.39, 0.29) is 24.2 Å². The Bertz CT molecular complexity index is 848. The smallest absolute Gasteiger partial charge is 0.329 e.